The van der Waals surface area contributed by atoms with Gasteiger partial charge in [-0.25, -0.2) is 0 Å². The Hall–Kier alpha value is -2.80. The van der Waals surface area contributed by atoms with Gasteiger partial charge in [0.2, 0.25) is 5.91 Å². The number of carbonyl (C=O) groups excluding carboxylic acids is 1. The molecule has 3 aromatic rings. The highest BCUT2D eigenvalue weighted by Crippen LogP contribution is 2.25. The lowest BCUT2D eigenvalue weighted by Gasteiger charge is -2.19. The number of nitrogens with one attached hydrogen (secondary N) is 1. The maximum Gasteiger partial charge on any atom is 0.234 e. The van der Waals surface area contributed by atoms with Gasteiger partial charge in [0.05, 0.1) is 5.75 Å². The van der Waals surface area contributed by atoms with Gasteiger partial charge in [-0.2, -0.15) is 0 Å². The minimum absolute atomic E-state index is 0.0460. The highest BCUT2D eigenvalue weighted by molar-refractivity contribution is 7.99. The quantitative estimate of drug-likeness (QED) is 0.419. The first-order chi connectivity index (χ1) is 15.7. The van der Waals surface area contributed by atoms with Gasteiger partial charge < -0.3 is 14.6 Å². The highest BCUT2D eigenvalue weighted by atomic mass is 32.2. The fourth-order valence-electron chi connectivity index (χ4n) is 3.50. The zero-order chi connectivity index (χ0) is 24.0. The summed E-state index contributed by atoms with van der Waals surface area (Å²) in [6, 6.07) is 14.3. The predicted octanol–water partition coefficient (Wildman–Crippen LogP) is 5.55. The fraction of sp³-hybridized carbons (Fsp3) is 0.423. The van der Waals surface area contributed by atoms with Gasteiger partial charge in [0.15, 0.2) is 11.0 Å². The average molecular weight is 467 g/mol. The van der Waals surface area contributed by atoms with E-state index in [-0.39, 0.29) is 17.1 Å². The van der Waals surface area contributed by atoms with Crippen molar-refractivity contribution in [2.24, 2.45) is 7.05 Å². The van der Waals surface area contributed by atoms with Crippen LogP contribution in [0.3, 0.4) is 0 Å². The third-order valence-electron chi connectivity index (χ3n) is 5.61. The van der Waals surface area contributed by atoms with E-state index in [1.54, 1.807) is 0 Å². The van der Waals surface area contributed by atoms with Crippen molar-refractivity contribution >= 4 is 23.4 Å². The summed E-state index contributed by atoms with van der Waals surface area (Å²) in [5.74, 6) is 1.72. The lowest BCUT2D eigenvalue weighted by atomic mass is 9.87. The first-order valence-corrected chi connectivity index (χ1v) is 12.4. The second-order valence-corrected chi connectivity index (χ2v) is 9.96. The van der Waals surface area contributed by atoms with Crippen molar-refractivity contribution in [3.05, 3.63) is 65.0 Å². The third-order valence-corrected chi connectivity index (χ3v) is 6.63. The van der Waals surface area contributed by atoms with Gasteiger partial charge in [-0.05, 0) is 47.1 Å². The van der Waals surface area contributed by atoms with Crippen molar-refractivity contribution in [3.8, 4) is 5.75 Å². The van der Waals surface area contributed by atoms with Crippen molar-refractivity contribution in [1.82, 2.24) is 14.8 Å². The van der Waals surface area contributed by atoms with Crippen molar-refractivity contribution in [2.45, 2.75) is 64.6 Å². The molecule has 1 heterocycles. The monoisotopic (exact) mass is 466 g/mol. The standard InChI is InChI=1S/C26H34N4O2S/c1-7-18-10-9-11-19(8-2)24(18)27-23(31)17-33-25-29-28-22(30(25)6)16-32-21-14-12-20(13-15-21)26(3,4)5/h9-15H,7-8,16-17H2,1-6H3,(H,27,31). The number of anilines is 1. The molecule has 0 atom stereocenters. The summed E-state index contributed by atoms with van der Waals surface area (Å²) >= 11 is 1.37. The van der Waals surface area contributed by atoms with Crippen molar-refractivity contribution in [1.29, 1.82) is 0 Å². The first-order valence-electron chi connectivity index (χ1n) is 11.4. The van der Waals surface area contributed by atoms with Crippen LogP contribution in [0.5, 0.6) is 5.75 Å². The van der Waals surface area contributed by atoms with Gasteiger partial charge in [-0.1, -0.05) is 76.7 Å². The molecule has 6 nitrogen and oxygen atoms in total. The zero-order valence-electron chi connectivity index (χ0n) is 20.4. The van der Waals surface area contributed by atoms with E-state index in [1.165, 1.54) is 17.3 Å². The first kappa shape index (κ1) is 24.8. The molecular formula is C26H34N4O2S. The van der Waals surface area contributed by atoms with Crippen LogP contribution in [0.4, 0.5) is 5.69 Å². The summed E-state index contributed by atoms with van der Waals surface area (Å²) in [5, 5.41) is 12.3. The van der Waals surface area contributed by atoms with Crippen molar-refractivity contribution in [3.63, 3.8) is 0 Å². The molecule has 2 aromatic carbocycles. The van der Waals surface area contributed by atoms with Gasteiger partial charge in [0.25, 0.3) is 0 Å². The lowest BCUT2D eigenvalue weighted by Crippen LogP contribution is -2.17. The molecule has 0 spiro atoms. The van der Waals surface area contributed by atoms with Gasteiger partial charge in [-0.15, -0.1) is 10.2 Å². The number of thioether (sulfide) groups is 1. The molecule has 33 heavy (non-hydrogen) atoms. The molecule has 1 N–H and O–H groups in total. The Balaban J connectivity index is 1.56. The summed E-state index contributed by atoms with van der Waals surface area (Å²) in [6.07, 6.45) is 1.75. The van der Waals surface area contributed by atoms with Gasteiger partial charge >= 0.3 is 0 Å². The van der Waals surface area contributed by atoms with Crippen LogP contribution < -0.4 is 10.1 Å². The Morgan fingerprint density at radius 3 is 2.24 bits per heavy atom. The SMILES string of the molecule is CCc1cccc(CC)c1NC(=O)CSc1nnc(COc2ccc(C(C)(C)C)cc2)n1C. The molecule has 1 aromatic heterocycles. The number of para-hydroxylation sites is 1. The number of aromatic nitrogens is 3. The van der Waals surface area contributed by atoms with Crippen LogP contribution >= 0.6 is 11.8 Å². The molecule has 3 rings (SSSR count). The summed E-state index contributed by atoms with van der Waals surface area (Å²) in [6.45, 7) is 11.1. The van der Waals surface area contributed by atoms with Crippen LogP contribution in [-0.2, 0) is 36.7 Å². The second kappa shape index (κ2) is 10.9. The van der Waals surface area contributed by atoms with Gasteiger partial charge in [0.1, 0.15) is 12.4 Å². The molecule has 0 aliphatic heterocycles. The molecule has 0 radical (unpaired) electrons. The third kappa shape index (κ3) is 6.38. The molecule has 176 valence electrons. The number of amides is 1. The summed E-state index contributed by atoms with van der Waals surface area (Å²) in [4.78, 5) is 12.6. The van der Waals surface area contributed by atoms with E-state index in [9.17, 15) is 4.79 Å². The number of aryl methyl sites for hydroxylation is 2. The molecule has 0 saturated heterocycles. The molecular weight excluding hydrogens is 432 g/mol. The van der Waals surface area contributed by atoms with Crippen LogP contribution in [0.25, 0.3) is 0 Å². The summed E-state index contributed by atoms with van der Waals surface area (Å²) in [5.41, 5.74) is 4.62. The largest absolute Gasteiger partial charge is 0.486 e. The number of hydrogen-bond donors (Lipinski definition) is 1. The van der Waals surface area contributed by atoms with E-state index in [0.29, 0.717) is 17.6 Å². The molecule has 1 amide bonds. The molecule has 0 saturated carbocycles. The highest BCUT2D eigenvalue weighted by Gasteiger charge is 2.15. The Kier molecular flexibility index (Phi) is 8.19. The Labute approximate surface area is 201 Å². The number of benzene rings is 2. The topological polar surface area (TPSA) is 69.0 Å². The predicted molar refractivity (Wildman–Crippen MR) is 135 cm³/mol. The molecule has 0 bridgehead atoms. The summed E-state index contributed by atoms with van der Waals surface area (Å²) < 4.78 is 7.77. The van der Waals surface area contributed by atoms with Crippen LogP contribution in [0.15, 0.2) is 47.6 Å². The minimum atomic E-state index is -0.0460. The van der Waals surface area contributed by atoms with E-state index in [0.717, 1.165) is 35.4 Å². The fourth-order valence-corrected chi connectivity index (χ4v) is 4.23. The number of nitrogens with zero attached hydrogens (tertiary/aromatic N) is 3. The minimum Gasteiger partial charge on any atom is -0.486 e. The number of ether oxygens (including phenoxy) is 1. The normalized spacial score (nSPS) is 11.5. The maximum absolute atomic E-state index is 12.6. The van der Waals surface area contributed by atoms with Crippen LogP contribution in [0.1, 0.15) is 57.1 Å². The zero-order valence-corrected chi connectivity index (χ0v) is 21.3. The van der Waals surface area contributed by atoms with E-state index in [2.05, 4.69) is 74.4 Å². The van der Waals surface area contributed by atoms with Crippen LogP contribution in [-0.4, -0.2) is 26.4 Å². The Bertz CT molecular complexity index is 1060. The van der Waals surface area contributed by atoms with E-state index >= 15 is 0 Å². The van der Waals surface area contributed by atoms with Gasteiger partial charge in [-0.3, -0.25) is 4.79 Å². The molecule has 0 fully saturated rings. The number of carbonyl (C=O) groups is 1. The van der Waals surface area contributed by atoms with Crippen molar-refractivity contribution in [2.75, 3.05) is 11.1 Å². The average Bonchev–Trinajstić information content (AvgIpc) is 3.15. The van der Waals surface area contributed by atoms with Gasteiger partial charge in [0, 0.05) is 12.7 Å². The Morgan fingerprint density at radius 1 is 1.03 bits per heavy atom. The maximum atomic E-state index is 12.6. The van der Waals surface area contributed by atoms with E-state index < -0.39 is 0 Å². The smallest absolute Gasteiger partial charge is 0.234 e. The second-order valence-electron chi connectivity index (χ2n) is 9.02. The Morgan fingerprint density at radius 2 is 1.67 bits per heavy atom. The molecule has 0 unspecified atom stereocenters. The molecule has 0 aliphatic rings. The van der Waals surface area contributed by atoms with E-state index in [4.69, 9.17) is 4.74 Å². The lowest BCUT2D eigenvalue weighted by molar-refractivity contribution is -0.113. The molecule has 0 aliphatic carbocycles. The van der Waals surface area contributed by atoms with Crippen molar-refractivity contribution < 1.29 is 9.53 Å². The van der Waals surface area contributed by atoms with Crippen LogP contribution in [0, 0.1) is 0 Å². The van der Waals surface area contributed by atoms with Crippen LogP contribution in [0.2, 0.25) is 0 Å². The number of rotatable bonds is 9. The summed E-state index contributed by atoms with van der Waals surface area (Å²) in [7, 11) is 1.89. The number of hydrogen-bond acceptors (Lipinski definition) is 5. The van der Waals surface area contributed by atoms with E-state index in [1.807, 2.05) is 29.8 Å². The molecule has 7 heteroatoms.